The van der Waals surface area contributed by atoms with Crippen LogP contribution in [0.5, 0.6) is 0 Å². The lowest BCUT2D eigenvalue weighted by molar-refractivity contribution is -0.114. The van der Waals surface area contributed by atoms with Crippen molar-refractivity contribution in [3.05, 3.63) is 56.7 Å². The Morgan fingerprint density at radius 1 is 1.33 bits per heavy atom. The van der Waals surface area contributed by atoms with Gasteiger partial charge in [-0.1, -0.05) is 11.6 Å². The quantitative estimate of drug-likeness (QED) is 0.543. The van der Waals surface area contributed by atoms with E-state index in [9.17, 15) is 14.4 Å². The van der Waals surface area contributed by atoms with E-state index in [0.29, 0.717) is 22.3 Å². The lowest BCUT2D eigenvalue weighted by Gasteiger charge is -2.09. The summed E-state index contributed by atoms with van der Waals surface area (Å²) in [4.78, 5) is 35.4. The van der Waals surface area contributed by atoms with Crippen molar-refractivity contribution in [1.29, 1.82) is 0 Å². The van der Waals surface area contributed by atoms with Crippen LogP contribution in [0.1, 0.15) is 28.5 Å². The number of nitrogens with zero attached hydrogens (tertiary/aromatic N) is 2. The van der Waals surface area contributed by atoms with Gasteiger partial charge in [-0.05, 0) is 19.1 Å². The maximum Gasteiger partial charge on any atom is 0.343 e. The Balaban J connectivity index is 1.89. The van der Waals surface area contributed by atoms with Crippen LogP contribution in [0.4, 0.5) is 5.69 Å². The molecule has 1 amide bonds. The molecule has 0 aliphatic carbocycles. The molecule has 8 nitrogen and oxygen atoms in total. The Labute approximate surface area is 158 Å². The van der Waals surface area contributed by atoms with Crippen LogP contribution in [0.25, 0.3) is 11.0 Å². The molecule has 1 N–H and O–H groups in total. The number of carbonyl (C=O) groups is 2. The summed E-state index contributed by atoms with van der Waals surface area (Å²) >= 11 is 6.07. The average molecular weight is 390 g/mol. The maximum absolute atomic E-state index is 12.4. The number of aryl methyl sites for hydroxylation is 2. The minimum atomic E-state index is -0.637. The molecule has 3 rings (SSSR count). The normalized spacial score (nSPS) is 10.8. The molecule has 0 radical (unpaired) electrons. The lowest BCUT2D eigenvalue weighted by atomic mass is 10.1. The van der Waals surface area contributed by atoms with Crippen LogP contribution in [-0.4, -0.2) is 21.7 Å². The van der Waals surface area contributed by atoms with Crippen molar-refractivity contribution in [1.82, 2.24) is 9.78 Å². The molecule has 2 heterocycles. The zero-order chi connectivity index (χ0) is 19.7. The van der Waals surface area contributed by atoms with Gasteiger partial charge in [0.1, 0.15) is 22.9 Å². The second kappa shape index (κ2) is 7.24. The number of halogens is 1. The van der Waals surface area contributed by atoms with Crippen LogP contribution in [0.3, 0.4) is 0 Å². The third-order valence-electron chi connectivity index (χ3n) is 3.87. The Bertz CT molecular complexity index is 1120. The standard InChI is InChI=1S/C18H16ClN3O5/c1-9-16(17(19)22(3)21-9)18(25)26-8-11-6-15(24)27-14-7-12(20-10(2)23)4-5-13(11)14/h4-7H,8H2,1-3H3,(H,20,23). The van der Waals surface area contributed by atoms with Gasteiger partial charge in [0.05, 0.1) is 5.69 Å². The molecule has 0 fully saturated rings. The third kappa shape index (κ3) is 3.85. The van der Waals surface area contributed by atoms with Gasteiger partial charge in [-0.2, -0.15) is 5.10 Å². The molecule has 3 aromatic rings. The van der Waals surface area contributed by atoms with Crippen LogP contribution in [0, 0.1) is 6.92 Å². The minimum absolute atomic E-state index is 0.148. The van der Waals surface area contributed by atoms with E-state index >= 15 is 0 Å². The summed E-state index contributed by atoms with van der Waals surface area (Å²) in [5.41, 5.74) is 1.27. The first kappa shape index (κ1) is 18.7. The van der Waals surface area contributed by atoms with E-state index in [1.54, 1.807) is 26.1 Å². The number of aromatic nitrogens is 2. The van der Waals surface area contributed by atoms with Gasteiger partial charge in [0, 0.05) is 42.7 Å². The molecule has 0 aliphatic heterocycles. The van der Waals surface area contributed by atoms with Crippen molar-refractivity contribution in [2.75, 3.05) is 5.32 Å². The van der Waals surface area contributed by atoms with E-state index in [0.717, 1.165) is 0 Å². The first-order valence-electron chi connectivity index (χ1n) is 7.97. The Kier molecular flexibility index (Phi) is 5.00. The largest absolute Gasteiger partial charge is 0.457 e. The first-order chi connectivity index (χ1) is 12.8. The van der Waals surface area contributed by atoms with Gasteiger partial charge in [-0.3, -0.25) is 9.48 Å². The highest BCUT2D eigenvalue weighted by Crippen LogP contribution is 2.24. The highest BCUT2D eigenvalue weighted by molar-refractivity contribution is 6.32. The number of esters is 1. The summed E-state index contributed by atoms with van der Waals surface area (Å²) in [6, 6.07) is 6.13. The van der Waals surface area contributed by atoms with Crippen molar-refractivity contribution < 1.29 is 18.7 Å². The molecular weight excluding hydrogens is 374 g/mol. The molecule has 27 heavy (non-hydrogen) atoms. The highest BCUT2D eigenvalue weighted by Gasteiger charge is 2.21. The summed E-state index contributed by atoms with van der Waals surface area (Å²) in [5.74, 6) is -0.882. The Morgan fingerprint density at radius 2 is 2.07 bits per heavy atom. The average Bonchev–Trinajstić information content (AvgIpc) is 2.83. The molecule has 0 saturated heterocycles. The second-order valence-electron chi connectivity index (χ2n) is 5.93. The van der Waals surface area contributed by atoms with Crippen LogP contribution in [0.2, 0.25) is 5.15 Å². The number of carbonyl (C=O) groups excluding carboxylic acids is 2. The zero-order valence-electron chi connectivity index (χ0n) is 14.8. The number of ether oxygens (including phenoxy) is 1. The summed E-state index contributed by atoms with van der Waals surface area (Å²) < 4.78 is 11.9. The second-order valence-corrected chi connectivity index (χ2v) is 6.29. The number of anilines is 1. The lowest BCUT2D eigenvalue weighted by Crippen LogP contribution is -2.09. The van der Waals surface area contributed by atoms with Crippen molar-refractivity contribution >= 4 is 40.1 Å². The summed E-state index contributed by atoms with van der Waals surface area (Å²) in [7, 11) is 1.62. The van der Waals surface area contributed by atoms with Crippen LogP contribution >= 0.6 is 11.6 Å². The van der Waals surface area contributed by atoms with E-state index in [1.165, 1.54) is 23.7 Å². The topological polar surface area (TPSA) is 103 Å². The van der Waals surface area contributed by atoms with Gasteiger partial charge in [-0.25, -0.2) is 9.59 Å². The van der Waals surface area contributed by atoms with E-state index in [2.05, 4.69) is 10.4 Å². The van der Waals surface area contributed by atoms with Crippen molar-refractivity contribution in [2.45, 2.75) is 20.5 Å². The molecule has 9 heteroatoms. The van der Waals surface area contributed by atoms with Gasteiger partial charge in [0.15, 0.2) is 0 Å². The predicted octanol–water partition coefficient (Wildman–Crippen LogP) is 2.80. The van der Waals surface area contributed by atoms with Crippen LogP contribution < -0.4 is 10.9 Å². The predicted molar refractivity (Wildman–Crippen MR) is 98.9 cm³/mol. The number of hydrogen-bond donors (Lipinski definition) is 1. The molecule has 0 aliphatic rings. The molecule has 0 unspecified atom stereocenters. The van der Waals surface area contributed by atoms with Gasteiger partial charge in [-0.15, -0.1) is 0 Å². The summed E-state index contributed by atoms with van der Waals surface area (Å²) in [6.07, 6.45) is 0. The number of amides is 1. The van der Waals surface area contributed by atoms with Gasteiger partial charge >= 0.3 is 11.6 Å². The SMILES string of the molecule is CC(=O)Nc1ccc2c(COC(=O)c3c(C)nn(C)c3Cl)cc(=O)oc2c1. The fourth-order valence-electron chi connectivity index (χ4n) is 2.71. The van der Waals surface area contributed by atoms with Gasteiger partial charge in [0.25, 0.3) is 0 Å². The molecular formula is C18H16ClN3O5. The van der Waals surface area contributed by atoms with E-state index in [-0.39, 0.29) is 28.8 Å². The Hall–Kier alpha value is -3.13. The van der Waals surface area contributed by atoms with E-state index < -0.39 is 11.6 Å². The summed E-state index contributed by atoms with van der Waals surface area (Å²) in [5, 5.41) is 7.44. The fraction of sp³-hybridized carbons (Fsp3) is 0.222. The number of benzene rings is 1. The smallest absolute Gasteiger partial charge is 0.343 e. The number of rotatable bonds is 4. The summed E-state index contributed by atoms with van der Waals surface area (Å²) in [6.45, 7) is 2.88. The monoisotopic (exact) mass is 389 g/mol. The fourth-order valence-corrected chi connectivity index (χ4v) is 2.96. The van der Waals surface area contributed by atoms with Crippen molar-refractivity contribution in [2.24, 2.45) is 7.05 Å². The van der Waals surface area contributed by atoms with Crippen molar-refractivity contribution in [3.63, 3.8) is 0 Å². The highest BCUT2D eigenvalue weighted by atomic mass is 35.5. The molecule has 1 aromatic carbocycles. The molecule has 0 spiro atoms. The molecule has 0 saturated carbocycles. The van der Waals surface area contributed by atoms with Crippen LogP contribution in [-0.2, 0) is 23.2 Å². The minimum Gasteiger partial charge on any atom is -0.457 e. The Morgan fingerprint density at radius 3 is 2.70 bits per heavy atom. The third-order valence-corrected chi connectivity index (χ3v) is 4.30. The molecule has 0 bridgehead atoms. The van der Waals surface area contributed by atoms with E-state index in [1.807, 2.05) is 0 Å². The van der Waals surface area contributed by atoms with E-state index in [4.69, 9.17) is 20.8 Å². The van der Waals surface area contributed by atoms with Gasteiger partial charge in [0.2, 0.25) is 5.91 Å². The molecule has 140 valence electrons. The maximum atomic E-state index is 12.4. The molecule has 2 aromatic heterocycles. The number of nitrogens with one attached hydrogen (secondary N) is 1. The number of fused-ring (bicyclic) bond motifs is 1. The molecule has 0 atom stereocenters. The van der Waals surface area contributed by atoms with Crippen molar-refractivity contribution in [3.8, 4) is 0 Å². The first-order valence-corrected chi connectivity index (χ1v) is 8.34. The number of hydrogen-bond acceptors (Lipinski definition) is 6. The zero-order valence-corrected chi connectivity index (χ0v) is 15.6. The van der Waals surface area contributed by atoms with Gasteiger partial charge < -0.3 is 14.5 Å². The van der Waals surface area contributed by atoms with Crippen LogP contribution in [0.15, 0.2) is 33.5 Å².